The van der Waals surface area contributed by atoms with E-state index in [1.165, 1.54) is 37.4 Å². The highest BCUT2D eigenvalue weighted by molar-refractivity contribution is 7.95. The zero-order valence-corrected chi connectivity index (χ0v) is 28.5. The average molecular weight is 622 g/mol. The molecule has 1 unspecified atom stereocenters. The summed E-state index contributed by atoms with van der Waals surface area (Å²) in [5.41, 5.74) is 2.50. The van der Waals surface area contributed by atoms with Crippen LogP contribution in [-0.4, -0.2) is 9.04 Å². The standard InChI is InChI=1S/C42H42OPSi/c1-42(2,3)41(43-45(39-25-15-7-16-26-39)40-27-17-8-18-28-40)35-31-29-34(30-32-35)33-44(36-19-9-4-10-20-36,37-21-11-5-12-22-37)38-23-13-6-14-24-38/h4-32,41,45H,33H2,1-3H3/q+1. The lowest BCUT2D eigenvalue weighted by Gasteiger charge is -2.35. The smallest absolute Gasteiger partial charge is 0.240 e. The number of benzene rings is 6. The van der Waals surface area contributed by atoms with Crippen molar-refractivity contribution < 1.29 is 4.43 Å². The highest BCUT2D eigenvalue weighted by atomic mass is 31.2. The van der Waals surface area contributed by atoms with Crippen LogP contribution in [-0.2, 0) is 10.6 Å². The Kier molecular flexibility index (Phi) is 9.57. The Hall–Kier alpha value is -4.07. The van der Waals surface area contributed by atoms with Crippen LogP contribution in [0.3, 0.4) is 0 Å². The summed E-state index contributed by atoms with van der Waals surface area (Å²) in [6.07, 6.45) is 0.915. The monoisotopic (exact) mass is 621 g/mol. The molecule has 0 N–H and O–H groups in total. The Morgan fingerprint density at radius 3 is 1.20 bits per heavy atom. The van der Waals surface area contributed by atoms with Crippen LogP contribution in [0.1, 0.15) is 38.0 Å². The van der Waals surface area contributed by atoms with Crippen molar-refractivity contribution in [2.45, 2.75) is 33.0 Å². The molecule has 0 saturated carbocycles. The van der Waals surface area contributed by atoms with Gasteiger partial charge in [0.2, 0.25) is 9.04 Å². The second-order valence-electron chi connectivity index (χ2n) is 12.8. The normalized spacial score (nSPS) is 12.6. The molecule has 3 heteroatoms. The van der Waals surface area contributed by atoms with Crippen LogP contribution in [0, 0.1) is 5.41 Å². The lowest BCUT2D eigenvalue weighted by molar-refractivity contribution is 0.0897. The molecule has 0 saturated heterocycles. The van der Waals surface area contributed by atoms with Crippen LogP contribution in [0.2, 0.25) is 0 Å². The van der Waals surface area contributed by atoms with Gasteiger partial charge in [0.25, 0.3) is 0 Å². The molecule has 1 nitrogen and oxygen atoms in total. The van der Waals surface area contributed by atoms with Crippen molar-refractivity contribution in [2.75, 3.05) is 0 Å². The molecule has 45 heavy (non-hydrogen) atoms. The first-order valence-corrected chi connectivity index (χ1v) is 19.4. The zero-order valence-electron chi connectivity index (χ0n) is 26.5. The Morgan fingerprint density at radius 1 is 0.489 bits per heavy atom. The summed E-state index contributed by atoms with van der Waals surface area (Å²) in [4.78, 5) is 0. The van der Waals surface area contributed by atoms with Crippen molar-refractivity contribution in [3.63, 3.8) is 0 Å². The molecule has 0 bridgehead atoms. The summed E-state index contributed by atoms with van der Waals surface area (Å²) in [5.74, 6) is 0. The van der Waals surface area contributed by atoms with Crippen LogP contribution < -0.4 is 26.3 Å². The molecule has 0 amide bonds. The van der Waals surface area contributed by atoms with E-state index >= 15 is 0 Å². The van der Waals surface area contributed by atoms with E-state index < -0.39 is 16.3 Å². The van der Waals surface area contributed by atoms with Crippen LogP contribution in [0.4, 0.5) is 0 Å². The summed E-state index contributed by atoms with van der Waals surface area (Å²) in [5, 5.41) is 6.82. The number of rotatable bonds is 10. The summed E-state index contributed by atoms with van der Waals surface area (Å²) in [6, 6.07) is 64.4. The van der Waals surface area contributed by atoms with Gasteiger partial charge >= 0.3 is 0 Å². The highest BCUT2D eigenvalue weighted by Gasteiger charge is 2.45. The number of hydrogen-bond donors (Lipinski definition) is 0. The van der Waals surface area contributed by atoms with Crippen LogP contribution in [0.25, 0.3) is 0 Å². The van der Waals surface area contributed by atoms with Crippen molar-refractivity contribution in [3.05, 3.63) is 187 Å². The topological polar surface area (TPSA) is 9.23 Å². The summed E-state index contributed by atoms with van der Waals surface area (Å²) in [7, 11) is -3.92. The molecule has 0 aliphatic carbocycles. The third-order valence-electron chi connectivity index (χ3n) is 8.56. The third-order valence-corrected chi connectivity index (χ3v) is 15.5. The molecule has 0 heterocycles. The summed E-state index contributed by atoms with van der Waals surface area (Å²) < 4.78 is 7.27. The largest absolute Gasteiger partial charge is 0.403 e. The number of hydrogen-bond acceptors (Lipinski definition) is 1. The van der Waals surface area contributed by atoms with Gasteiger partial charge in [-0.2, -0.15) is 0 Å². The van der Waals surface area contributed by atoms with Crippen molar-refractivity contribution in [3.8, 4) is 0 Å². The average Bonchev–Trinajstić information content (AvgIpc) is 3.09. The Balaban J connectivity index is 1.39. The van der Waals surface area contributed by atoms with E-state index in [1.807, 2.05) is 0 Å². The van der Waals surface area contributed by atoms with E-state index in [4.69, 9.17) is 4.43 Å². The van der Waals surface area contributed by atoms with Crippen molar-refractivity contribution in [2.24, 2.45) is 5.41 Å². The van der Waals surface area contributed by atoms with E-state index in [9.17, 15) is 0 Å². The van der Waals surface area contributed by atoms with Gasteiger partial charge in [0.05, 0.1) is 12.3 Å². The molecule has 0 aliphatic rings. The molecule has 0 spiro atoms. The van der Waals surface area contributed by atoms with Gasteiger partial charge in [0.1, 0.15) is 23.2 Å². The maximum absolute atomic E-state index is 7.27. The van der Waals surface area contributed by atoms with Gasteiger partial charge in [-0.1, -0.05) is 160 Å². The molecule has 0 aliphatic heterocycles. The minimum Gasteiger partial charge on any atom is -0.403 e. The van der Waals surface area contributed by atoms with Crippen LogP contribution >= 0.6 is 7.26 Å². The lowest BCUT2D eigenvalue weighted by atomic mass is 9.85. The predicted molar refractivity (Wildman–Crippen MR) is 198 cm³/mol. The molecule has 6 aromatic carbocycles. The minimum absolute atomic E-state index is 0.0412. The molecule has 1 atom stereocenters. The Bertz CT molecular complexity index is 1620. The van der Waals surface area contributed by atoms with E-state index in [0.717, 1.165) is 6.16 Å². The van der Waals surface area contributed by atoms with E-state index in [1.54, 1.807) is 0 Å². The summed E-state index contributed by atoms with van der Waals surface area (Å²) in [6.45, 7) is 6.89. The van der Waals surface area contributed by atoms with Gasteiger partial charge in [-0.05, 0) is 63.3 Å². The lowest BCUT2D eigenvalue weighted by Crippen LogP contribution is -2.47. The molecular formula is C42H42OPSi+. The van der Waals surface area contributed by atoms with Gasteiger partial charge in [-0.25, -0.2) is 0 Å². The van der Waals surface area contributed by atoms with Crippen LogP contribution in [0.15, 0.2) is 176 Å². The van der Waals surface area contributed by atoms with E-state index in [2.05, 4.69) is 197 Å². The van der Waals surface area contributed by atoms with Crippen LogP contribution in [0.5, 0.6) is 0 Å². The molecule has 0 aromatic heterocycles. The van der Waals surface area contributed by atoms with Gasteiger partial charge in [-0.15, -0.1) is 0 Å². The van der Waals surface area contributed by atoms with E-state index in [-0.39, 0.29) is 11.5 Å². The predicted octanol–water partition coefficient (Wildman–Crippen LogP) is 7.82. The SMILES string of the molecule is CC(C)(C)C(O[SiH](c1ccccc1)c1ccccc1)c1ccc(C[P+](c2ccccc2)(c2ccccc2)c2ccccc2)cc1. The Labute approximate surface area is 271 Å². The summed E-state index contributed by atoms with van der Waals surface area (Å²) >= 11 is 0. The van der Waals surface area contributed by atoms with Gasteiger partial charge in [0.15, 0.2) is 0 Å². The second kappa shape index (κ2) is 13.9. The molecule has 0 radical (unpaired) electrons. The van der Waals surface area contributed by atoms with Crippen molar-refractivity contribution in [1.82, 2.24) is 0 Å². The fraction of sp³-hybridized carbons (Fsp3) is 0.143. The van der Waals surface area contributed by atoms with Gasteiger partial charge in [0, 0.05) is 0 Å². The highest BCUT2D eigenvalue weighted by Crippen LogP contribution is 2.58. The van der Waals surface area contributed by atoms with E-state index in [0.29, 0.717) is 0 Å². The zero-order chi connectivity index (χ0) is 31.1. The maximum atomic E-state index is 7.27. The fourth-order valence-electron chi connectivity index (χ4n) is 6.36. The molecule has 6 aromatic rings. The quantitative estimate of drug-likeness (QED) is 0.112. The first-order chi connectivity index (χ1) is 21.9. The third kappa shape index (κ3) is 6.95. The minimum atomic E-state index is -1.97. The fourth-order valence-corrected chi connectivity index (χ4v) is 13.3. The molecule has 224 valence electrons. The molecule has 0 fully saturated rings. The molecule has 6 rings (SSSR count). The van der Waals surface area contributed by atoms with Gasteiger partial charge in [-0.3, -0.25) is 0 Å². The van der Waals surface area contributed by atoms with Crippen molar-refractivity contribution in [1.29, 1.82) is 0 Å². The second-order valence-corrected chi connectivity index (χ2v) is 18.7. The first kappa shape index (κ1) is 30.9. The van der Waals surface area contributed by atoms with Crippen molar-refractivity contribution >= 4 is 42.6 Å². The maximum Gasteiger partial charge on any atom is 0.240 e. The molecular weight excluding hydrogens is 580 g/mol. The first-order valence-electron chi connectivity index (χ1n) is 15.8. The van der Waals surface area contributed by atoms with Gasteiger partial charge < -0.3 is 4.43 Å². The Morgan fingerprint density at radius 2 is 0.844 bits per heavy atom.